The minimum Gasteiger partial charge on any atom is -0.480 e. The van der Waals surface area contributed by atoms with Crippen molar-refractivity contribution in [1.29, 1.82) is 0 Å². The first-order valence-electron chi connectivity index (χ1n) is 12.2. The van der Waals surface area contributed by atoms with Crippen molar-refractivity contribution in [2.45, 2.75) is 56.9 Å². The molecule has 3 N–H and O–H groups in total. The number of alkyl carbamates (subject to hydrolysis) is 1. The lowest BCUT2D eigenvalue weighted by Gasteiger charge is -2.29. The Balaban J connectivity index is 1.30. The van der Waals surface area contributed by atoms with Gasteiger partial charge in [0, 0.05) is 18.0 Å². The van der Waals surface area contributed by atoms with E-state index in [-0.39, 0.29) is 19.1 Å². The SMILES string of the molecule is C/C(=C\CNC(=O)OCC1c2ccccc2-c2ccccc21)C(=O)NC1(C(=O)O)CCCCCC1. The number of fused-ring (bicyclic) bond motifs is 3. The van der Waals surface area contributed by atoms with Crippen LogP contribution in [0.25, 0.3) is 11.1 Å². The van der Waals surface area contributed by atoms with Gasteiger partial charge in [-0.3, -0.25) is 4.79 Å². The van der Waals surface area contributed by atoms with Gasteiger partial charge in [-0.05, 0) is 42.0 Å². The van der Waals surface area contributed by atoms with Gasteiger partial charge in [-0.25, -0.2) is 9.59 Å². The topological polar surface area (TPSA) is 105 Å². The Morgan fingerprint density at radius 3 is 2.11 bits per heavy atom. The maximum atomic E-state index is 12.7. The molecule has 0 spiro atoms. The quantitative estimate of drug-likeness (QED) is 0.395. The molecule has 0 aliphatic heterocycles. The van der Waals surface area contributed by atoms with E-state index in [4.69, 9.17) is 4.74 Å². The molecule has 0 bridgehead atoms. The number of ether oxygens (including phenoxy) is 1. The number of nitrogens with one attached hydrogen (secondary N) is 2. The fraction of sp³-hybridized carbons (Fsp3) is 0.393. The lowest BCUT2D eigenvalue weighted by Crippen LogP contribution is -2.54. The highest BCUT2D eigenvalue weighted by Gasteiger charge is 2.40. The molecule has 0 unspecified atom stereocenters. The van der Waals surface area contributed by atoms with E-state index in [9.17, 15) is 19.5 Å². The molecule has 35 heavy (non-hydrogen) atoms. The third kappa shape index (κ3) is 5.39. The van der Waals surface area contributed by atoms with Crippen molar-refractivity contribution in [3.05, 3.63) is 71.3 Å². The smallest absolute Gasteiger partial charge is 0.407 e. The summed E-state index contributed by atoms with van der Waals surface area (Å²) in [6, 6.07) is 16.3. The molecule has 4 rings (SSSR count). The van der Waals surface area contributed by atoms with Crippen molar-refractivity contribution in [2.24, 2.45) is 0 Å². The first kappa shape index (κ1) is 24.5. The largest absolute Gasteiger partial charge is 0.480 e. The van der Waals surface area contributed by atoms with Gasteiger partial charge in [0.05, 0.1) is 0 Å². The minimum atomic E-state index is -1.22. The standard InChI is InChI=1S/C28H32N2O5/c1-19(25(31)30-28(26(32)33)15-8-2-3-9-16-28)14-17-29-27(34)35-18-24-22-12-6-4-10-20(22)21-11-5-7-13-23(21)24/h4-7,10-14,24H,2-3,8-9,15-18H2,1H3,(H,29,34)(H,30,31)(H,32,33)/b19-14+. The Kier molecular flexibility index (Phi) is 7.54. The van der Waals surface area contributed by atoms with E-state index in [2.05, 4.69) is 34.9 Å². The number of carbonyl (C=O) groups excluding carboxylic acids is 2. The molecule has 2 amide bonds. The molecular formula is C28H32N2O5. The van der Waals surface area contributed by atoms with Crippen LogP contribution in [0.3, 0.4) is 0 Å². The number of rotatable bonds is 7. The van der Waals surface area contributed by atoms with E-state index in [0.717, 1.165) is 47.9 Å². The van der Waals surface area contributed by atoms with Crippen molar-refractivity contribution in [2.75, 3.05) is 13.2 Å². The molecule has 0 heterocycles. The second-order valence-electron chi connectivity index (χ2n) is 9.35. The number of hydrogen-bond donors (Lipinski definition) is 3. The Labute approximate surface area is 205 Å². The van der Waals surface area contributed by atoms with Crippen LogP contribution in [0, 0.1) is 0 Å². The fourth-order valence-corrected chi connectivity index (χ4v) is 5.07. The molecule has 0 saturated heterocycles. The van der Waals surface area contributed by atoms with Crippen LogP contribution >= 0.6 is 0 Å². The summed E-state index contributed by atoms with van der Waals surface area (Å²) in [5.74, 6) is -1.44. The normalized spacial score (nSPS) is 17.0. The summed E-state index contributed by atoms with van der Waals surface area (Å²) in [5, 5.41) is 15.1. The van der Waals surface area contributed by atoms with E-state index < -0.39 is 23.5 Å². The van der Waals surface area contributed by atoms with E-state index in [1.54, 1.807) is 13.0 Å². The first-order valence-corrected chi connectivity index (χ1v) is 12.2. The van der Waals surface area contributed by atoms with Crippen LogP contribution in [-0.2, 0) is 14.3 Å². The van der Waals surface area contributed by atoms with Crippen molar-refractivity contribution in [1.82, 2.24) is 10.6 Å². The van der Waals surface area contributed by atoms with Gasteiger partial charge in [0.25, 0.3) is 0 Å². The fourth-order valence-electron chi connectivity index (χ4n) is 5.07. The van der Waals surface area contributed by atoms with Gasteiger partial charge in [-0.15, -0.1) is 0 Å². The molecule has 7 nitrogen and oxygen atoms in total. The third-order valence-corrected chi connectivity index (χ3v) is 7.08. The Hall–Kier alpha value is -3.61. The van der Waals surface area contributed by atoms with E-state index in [1.165, 1.54) is 0 Å². The number of benzene rings is 2. The molecule has 0 atom stereocenters. The van der Waals surface area contributed by atoms with Crippen LogP contribution in [0.1, 0.15) is 62.5 Å². The molecule has 0 aromatic heterocycles. The van der Waals surface area contributed by atoms with Crippen LogP contribution in [0.5, 0.6) is 0 Å². The van der Waals surface area contributed by atoms with Crippen molar-refractivity contribution in [3.63, 3.8) is 0 Å². The third-order valence-electron chi connectivity index (χ3n) is 7.08. The molecule has 2 aromatic carbocycles. The van der Waals surface area contributed by atoms with Gasteiger partial charge in [-0.2, -0.15) is 0 Å². The minimum absolute atomic E-state index is 0.0250. The molecule has 1 saturated carbocycles. The first-order chi connectivity index (χ1) is 16.9. The summed E-state index contributed by atoms with van der Waals surface area (Å²) in [5.41, 5.74) is 3.74. The highest BCUT2D eigenvalue weighted by atomic mass is 16.5. The van der Waals surface area contributed by atoms with E-state index in [1.807, 2.05) is 24.3 Å². The highest BCUT2D eigenvalue weighted by molar-refractivity contribution is 5.96. The van der Waals surface area contributed by atoms with Crippen molar-refractivity contribution < 1.29 is 24.2 Å². The van der Waals surface area contributed by atoms with Crippen LogP contribution in [0.15, 0.2) is 60.2 Å². The summed E-state index contributed by atoms with van der Waals surface area (Å²) < 4.78 is 5.51. The summed E-state index contributed by atoms with van der Waals surface area (Å²) in [4.78, 5) is 36.9. The molecule has 184 valence electrons. The maximum absolute atomic E-state index is 12.7. The Morgan fingerprint density at radius 1 is 0.971 bits per heavy atom. The zero-order valence-corrected chi connectivity index (χ0v) is 20.0. The van der Waals surface area contributed by atoms with Gasteiger partial charge in [0.1, 0.15) is 12.1 Å². The van der Waals surface area contributed by atoms with Crippen LogP contribution in [-0.4, -0.2) is 41.8 Å². The monoisotopic (exact) mass is 476 g/mol. The molecule has 2 aliphatic rings. The summed E-state index contributed by atoms with van der Waals surface area (Å²) in [6.45, 7) is 1.93. The highest BCUT2D eigenvalue weighted by Crippen LogP contribution is 2.44. The van der Waals surface area contributed by atoms with Crippen LogP contribution in [0.2, 0.25) is 0 Å². The number of amides is 2. The number of aliphatic carboxylic acids is 1. The van der Waals surface area contributed by atoms with Gasteiger partial charge in [-0.1, -0.05) is 80.3 Å². The number of carboxylic acid groups (broad SMARTS) is 1. The predicted molar refractivity (Wildman–Crippen MR) is 133 cm³/mol. The average molecular weight is 477 g/mol. The van der Waals surface area contributed by atoms with Gasteiger partial charge in [0.2, 0.25) is 5.91 Å². The van der Waals surface area contributed by atoms with Crippen LogP contribution in [0.4, 0.5) is 4.79 Å². The molecule has 0 radical (unpaired) electrons. The van der Waals surface area contributed by atoms with Gasteiger partial charge < -0.3 is 20.5 Å². The molecule has 7 heteroatoms. The van der Waals surface area contributed by atoms with E-state index >= 15 is 0 Å². The van der Waals surface area contributed by atoms with Crippen molar-refractivity contribution in [3.8, 4) is 11.1 Å². The summed E-state index contributed by atoms with van der Waals surface area (Å²) in [7, 11) is 0. The molecule has 2 aliphatic carbocycles. The molecule has 1 fully saturated rings. The maximum Gasteiger partial charge on any atom is 0.407 e. The lowest BCUT2D eigenvalue weighted by atomic mass is 9.90. The second kappa shape index (κ2) is 10.8. The summed E-state index contributed by atoms with van der Waals surface area (Å²) in [6.07, 6.45) is 5.37. The van der Waals surface area contributed by atoms with E-state index in [0.29, 0.717) is 18.4 Å². The predicted octanol–water partition coefficient (Wildman–Crippen LogP) is 4.77. The average Bonchev–Trinajstić information content (AvgIpc) is 2.98. The van der Waals surface area contributed by atoms with Crippen molar-refractivity contribution >= 4 is 18.0 Å². The molecule has 2 aromatic rings. The zero-order chi connectivity index (χ0) is 24.8. The molecular weight excluding hydrogens is 444 g/mol. The second-order valence-corrected chi connectivity index (χ2v) is 9.35. The Morgan fingerprint density at radius 2 is 1.54 bits per heavy atom. The lowest BCUT2D eigenvalue weighted by molar-refractivity contribution is -0.147. The number of carbonyl (C=O) groups is 3. The van der Waals surface area contributed by atoms with Gasteiger partial charge in [0.15, 0.2) is 0 Å². The zero-order valence-electron chi connectivity index (χ0n) is 20.0. The van der Waals surface area contributed by atoms with Crippen LogP contribution < -0.4 is 10.6 Å². The van der Waals surface area contributed by atoms with Gasteiger partial charge >= 0.3 is 12.1 Å². The Bertz CT molecular complexity index is 1090. The summed E-state index contributed by atoms with van der Waals surface area (Å²) >= 11 is 0. The number of carboxylic acids is 1. The number of hydrogen-bond acceptors (Lipinski definition) is 4.